The first-order chi connectivity index (χ1) is 11.1. The molecule has 0 fully saturated rings. The maximum absolute atomic E-state index is 13.6. The Bertz CT molecular complexity index is 890. The van der Waals surface area contributed by atoms with Crippen molar-refractivity contribution in [2.24, 2.45) is 0 Å². The number of rotatable bonds is 4. The van der Waals surface area contributed by atoms with Crippen LogP contribution >= 0.6 is 11.3 Å². The summed E-state index contributed by atoms with van der Waals surface area (Å²) in [5.41, 5.74) is 1.77. The van der Waals surface area contributed by atoms with Gasteiger partial charge in [0.1, 0.15) is 12.1 Å². The Morgan fingerprint density at radius 1 is 1.30 bits per heavy atom. The van der Waals surface area contributed by atoms with E-state index in [9.17, 15) is 14.0 Å². The molecule has 7 heteroatoms. The van der Waals surface area contributed by atoms with Gasteiger partial charge in [0.25, 0.3) is 0 Å². The van der Waals surface area contributed by atoms with Crippen LogP contribution in [0.4, 0.5) is 15.2 Å². The van der Waals surface area contributed by atoms with Crippen molar-refractivity contribution >= 4 is 44.6 Å². The molecule has 0 spiro atoms. The third-order valence-corrected chi connectivity index (χ3v) is 4.08. The fourth-order valence-electron chi connectivity index (χ4n) is 2.08. The number of ether oxygens (including phenoxy) is 1. The Morgan fingerprint density at radius 3 is 2.70 bits per heavy atom. The van der Waals surface area contributed by atoms with Crippen LogP contribution in [0, 0.1) is 5.82 Å². The monoisotopic (exact) mass is 330 g/mol. The summed E-state index contributed by atoms with van der Waals surface area (Å²) in [5, 5.41) is 3.57. The Morgan fingerprint density at radius 2 is 2.04 bits per heavy atom. The summed E-state index contributed by atoms with van der Waals surface area (Å²) in [7, 11) is 1.24. The van der Waals surface area contributed by atoms with Crippen LogP contribution in [0.2, 0.25) is 0 Å². The number of carbonyl (C=O) groups is 2. The Labute approximate surface area is 134 Å². The lowest BCUT2D eigenvalue weighted by Gasteiger charge is -2.02. The van der Waals surface area contributed by atoms with Gasteiger partial charge in [-0.05, 0) is 36.4 Å². The van der Waals surface area contributed by atoms with E-state index >= 15 is 0 Å². The van der Waals surface area contributed by atoms with E-state index < -0.39 is 11.8 Å². The predicted molar refractivity (Wildman–Crippen MR) is 86.0 cm³/mol. The van der Waals surface area contributed by atoms with Gasteiger partial charge in [0.2, 0.25) is 0 Å². The van der Waals surface area contributed by atoms with Gasteiger partial charge in [-0.15, -0.1) is 0 Å². The average Bonchev–Trinajstić information content (AvgIpc) is 2.96. The molecule has 2 aromatic carbocycles. The lowest BCUT2D eigenvalue weighted by atomic mass is 10.2. The summed E-state index contributed by atoms with van der Waals surface area (Å²) >= 11 is 1.22. The number of methoxy groups -OCH3 is 1. The van der Waals surface area contributed by atoms with Crippen molar-refractivity contribution < 1.29 is 18.7 Å². The smallest absolute Gasteiger partial charge is 0.340 e. The quantitative estimate of drug-likeness (QED) is 0.582. The number of hydrogen-bond donors (Lipinski definition) is 1. The number of aldehydes is 1. The maximum Gasteiger partial charge on any atom is 0.340 e. The maximum atomic E-state index is 13.6. The van der Waals surface area contributed by atoms with Crippen LogP contribution in [0.25, 0.3) is 10.2 Å². The van der Waals surface area contributed by atoms with Crippen LogP contribution in [-0.2, 0) is 4.74 Å². The summed E-state index contributed by atoms with van der Waals surface area (Å²) in [4.78, 5) is 26.7. The zero-order valence-electron chi connectivity index (χ0n) is 12.0. The van der Waals surface area contributed by atoms with Crippen LogP contribution in [-0.4, -0.2) is 24.3 Å². The Balaban J connectivity index is 1.98. The number of nitrogens with one attached hydrogen (secondary N) is 1. The van der Waals surface area contributed by atoms with Gasteiger partial charge in [-0.3, -0.25) is 4.79 Å². The second-order valence-electron chi connectivity index (χ2n) is 4.68. The van der Waals surface area contributed by atoms with E-state index in [2.05, 4.69) is 15.0 Å². The molecule has 0 aliphatic carbocycles. The first-order valence-corrected chi connectivity index (χ1v) is 7.43. The molecular formula is C16H11FN2O3S. The van der Waals surface area contributed by atoms with Crippen molar-refractivity contribution in [2.45, 2.75) is 0 Å². The Hall–Kier alpha value is -2.80. The minimum Gasteiger partial charge on any atom is -0.465 e. The zero-order valence-corrected chi connectivity index (χ0v) is 12.8. The van der Waals surface area contributed by atoms with Crippen LogP contribution in [0.5, 0.6) is 0 Å². The fraction of sp³-hybridized carbons (Fsp3) is 0.0625. The lowest BCUT2D eigenvalue weighted by Crippen LogP contribution is -2.02. The van der Waals surface area contributed by atoms with Crippen molar-refractivity contribution in [3.63, 3.8) is 0 Å². The molecule has 1 N–H and O–H groups in total. The molecule has 0 bridgehead atoms. The van der Waals surface area contributed by atoms with Crippen LogP contribution < -0.4 is 5.32 Å². The molecule has 0 amide bonds. The second-order valence-corrected chi connectivity index (χ2v) is 5.71. The SMILES string of the molecule is COC(=O)c1cc(F)cc2sc(Nc3ccc(C=O)cc3)nc12. The molecule has 3 rings (SSSR count). The largest absolute Gasteiger partial charge is 0.465 e. The van der Waals surface area contributed by atoms with Crippen LogP contribution in [0.3, 0.4) is 0 Å². The molecule has 0 saturated carbocycles. The third-order valence-electron chi connectivity index (χ3n) is 3.16. The van der Waals surface area contributed by atoms with E-state index in [4.69, 9.17) is 0 Å². The molecule has 3 aromatic rings. The van der Waals surface area contributed by atoms with Crippen LogP contribution in [0.1, 0.15) is 20.7 Å². The molecule has 1 heterocycles. The highest BCUT2D eigenvalue weighted by molar-refractivity contribution is 7.22. The van der Waals surface area contributed by atoms with E-state index in [1.54, 1.807) is 24.3 Å². The van der Waals surface area contributed by atoms with E-state index in [-0.39, 0.29) is 5.56 Å². The molecular weight excluding hydrogens is 319 g/mol. The van der Waals surface area contributed by atoms with Gasteiger partial charge in [-0.25, -0.2) is 14.2 Å². The molecule has 0 radical (unpaired) electrons. The summed E-state index contributed by atoms with van der Waals surface area (Å²) < 4.78 is 18.8. The summed E-state index contributed by atoms with van der Waals surface area (Å²) in [6, 6.07) is 9.23. The lowest BCUT2D eigenvalue weighted by molar-refractivity contribution is 0.0602. The normalized spacial score (nSPS) is 10.5. The first kappa shape index (κ1) is 15.1. The number of aromatic nitrogens is 1. The fourth-order valence-corrected chi connectivity index (χ4v) is 3.02. The highest BCUT2D eigenvalue weighted by atomic mass is 32.1. The van der Waals surface area contributed by atoms with E-state index in [0.29, 0.717) is 20.9 Å². The highest BCUT2D eigenvalue weighted by Gasteiger charge is 2.16. The Kier molecular flexibility index (Phi) is 4.03. The molecule has 23 heavy (non-hydrogen) atoms. The standard InChI is InChI=1S/C16H11FN2O3S/c1-22-15(21)12-6-10(17)7-13-14(12)19-16(23-13)18-11-4-2-9(8-20)3-5-11/h2-8H,1H3,(H,18,19). The van der Waals surface area contributed by atoms with Crippen molar-refractivity contribution in [3.05, 3.63) is 53.3 Å². The number of nitrogens with zero attached hydrogens (tertiary/aromatic N) is 1. The highest BCUT2D eigenvalue weighted by Crippen LogP contribution is 2.31. The number of esters is 1. The van der Waals surface area contributed by atoms with Gasteiger partial charge in [-0.1, -0.05) is 11.3 Å². The number of hydrogen-bond acceptors (Lipinski definition) is 6. The van der Waals surface area contributed by atoms with E-state index in [1.807, 2.05) is 0 Å². The molecule has 0 aliphatic rings. The van der Waals surface area contributed by atoms with Crippen molar-refractivity contribution in [1.29, 1.82) is 0 Å². The number of halogens is 1. The van der Waals surface area contributed by atoms with Gasteiger partial charge in [-0.2, -0.15) is 0 Å². The predicted octanol–water partition coefficient (Wildman–Crippen LogP) is 3.78. The molecule has 0 atom stereocenters. The van der Waals surface area contributed by atoms with Gasteiger partial charge in [0.05, 0.1) is 22.9 Å². The number of fused-ring (bicyclic) bond motifs is 1. The second kappa shape index (κ2) is 6.13. The topological polar surface area (TPSA) is 68.3 Å². The summed E-state index contributed by atoms with van der Waals surface area (Å²) in [6.07, 6.45) is 0.757. The molecule has 5 nitrogen and oxygen atoms in total. The van der Waals surface area contributed by atoms with Crippen molar-refractivity contribution in [1.82, 2.24) is 4.98 Å². The third kappa shape index (κ3) is 3.04. The van der Waals surface area contributed by atoms with E-state index in [1.165, 1.54) is 24.5 Å². The molecule has 0 saturated heterocycles. The first-order valence-electron chi connectivity index (χ1n) is 6.61. The number of anilines is 2. The molecule has 116 valence electrons. The minimum atomic E-state index is -0.637. The minimum absolute atomic E-state index is 0.0862. The molecule has 1 aromatic heterocycles. The van der Waals surface area contributed by atoms with Gasteiger partial charge in [0, 0.05) is 11.3 Å². The molecule has 0 unspecified atom stereocenters. The van der Waals surface area contributed by atoms with Crippen molar-refractivity contribution in [2.75, 3.05) is 12.4 Å². The number of benzene rings is 2. The van der Waals surface area contributed by atoms with Gasteiger partial charge < -0.3 is 10.1 Å². The van der Waals surface area contributed by atoms with E-state index in [0.717, 1.165) is 18.0 Å². The van der Waals surface area contributed by atoms with Crippen LogP contribution in [0.15, 0.2) is 36.4 Å². The number of carbonyl (C=O) groups excluding carboxylic acids is 2. The van der Waals surface area contributed by atoms with Gasteiger partial charge >= 0.3 is 5.97 Å². The van der Waals surface area contributed by atoms with Crippen molar-refractivity contribution in [3.8, 4) is 0 Å². The summed E-state index contributed by atoms with van der Waals surface area (Å²) in [6.45, 7) is 0. The van der Waals surface area contributed by atoms with Gasteiger partial charge in [0.15, 0.2) is 5.13 Å². The number of thiazole rings is 1. The molecule has 0 aliphatic heterocycles. The summed E-state index contributed by atoms with van der Waals surface area (Å²) in [5.74, 6) is -1.16. The average molecular weight is 330 g/mol. The zero-order chi connectivity index (χ0) is 16.4.